The Morgan fingerprint density at radius 1 is 1.26 bits per heavy atom. The largest absolute Gasteiger partial charge is 0.385 e. The lowest BCUT2D eigenvalue weighted by Gasteiger charge is -2.33. The molecule has 0 aromatic rings. The summed E-state index contributed by atoms with van der Waals surface area (Å²) < 4.78 is 5.13. The second kappa shape index (κ2) is 13.9. The van der Waals surface area contributed by atoms with E-state index in [1.807, 2.05) is 11.8 Å². The minimum Gasteiger partial charge on any atom is -0.385 e. The molecule has 0 radical (unpaired) electrons. The first-order valence-corrected chi connectivity index (χ1v) is 10.4. The van der Waals surface area contributed by atoms with E-state index in [0.717, 1.165) is 38.6 Å². The van der Waals surface area contributed by atoms with E-state index < -0.39 is 0 Å². The Balaban J connectivity index is 2.24. The summed E-state index contributed by atoms with van der Waals surface area (Å²) in [6.07, 6.45) is 8.12. The molecule has 5 nitrogen and oxygen atoms in total. The normalized spacial score (nSPS) is 17.4. The number of aliphatic imine (C=N–C) groups is 1. The molecule has 1 fully saturated rings. The summed E-state index contributed by atoms with van der Waals surface area (Å²) in [5, 5.41) is 7.00. The molecule has 0 unspecified atom stereocenters. The Bertz CT molecular complexity index is 307. The summed E-state index contributed by atoms with van der Waals surface area (Å²) in [5.74, 6) is 2.23. The van der Waals surface area contributed by atoms with Crippen LogP contribution in [-0.4, -0.2) is 75.4 Å². The third-order valence-corrected chi connectivity index (χ3v) is 4.82. The van der Waals surface area contributed by atoms with Gasteiger partial charge < -0.3 is 20.3 Å². The number of unbranched alkanes of at least 4 members (excludes halogenated alkanes) is 1. The van der Waals surface area contributed by atoms with Gasteiger partial charge in [0.05, 0.1) is 0 Å². The molecule has 0 spiro atoms. The number of likely N-dealkylation sites (tertiary alicyclic amines) is 1. The summed E-state index contributed by atoms with van der Waals surface area (Å²) in [6.45, 7) is 8.35. The lowest BCUT2D eigenvalue weighted by atomic mass is 10.1. The van der Waals surface area contributed by atoms with Crippen molar-refractivity contribution < 1.29 is 4.74 Å². The maximum absolute atomic E-state index is 5.13. The minimum atomic E-state index is 0.553. The van der Waals surface area contributed by atoms with Gasteiger partial charge in [-0.3, -0.25) is 4.99 Å². The van der Waals surface area contributed by atoms with Crippen molar-refractivity contribution in [1.82, 2.24) is 15.5 Å². The molecule has 1 aliphatic heterocycles. The van der Waals surface area contributed by atoms with Gasteiger partial charge in [0, 0.05) is 52.5 Å². The van der Waals surface area contributed by atoms with E-state index in [1.54, 1.807) is 7.11 Å². The second-order valence-corrected chi connectivity index (χ2v) is 7.05. The topological polar surface area (TPSA) is 48.9 Å². The predicted molar refractivity (Wildman–Crippen MR) is 103 cm³/mol. The number of nitrogens with zero attached hydrogens (tertiary/aromatic N) is 2. The molecular formula is C17H36N4OS. The molecule has 1 rings (SSSR count). The summed E-state index contributed by atoms with van der Waals surface area (Å²) in [4.78, 5) is 7.26. The van der Waals surface area contributed by atoms with Crippen LogP contribution in [0.15, 0.2) is 4.99 Å². The van der Waals surface area contributed by atoms with Gasteiger partial charge in [0.1, 0.15) is 0 Å². The molecular weight excluding hydrogens is 308 g/mol. The lowest BCUT2D eigenvalue weighted by Crippen LogP contribution is -2.48. The van der Waals surface area contributed by atoms with Gasteiger partial charge in [-0.05, 0) is 51.0 Å². The van der Waals surface area contributed by atoms with E-state index in [1.165, 1.54) is 44.5 Å². The van der Waals surface area contributed by atoms with Gasteiger partial charge in [-0.25, -0.2) is 0 Å². The van der Waals surface area contributed by atoms with Crippen LogP contribution in [0, 0.1) is 0 Å². The molecule has 0 saturated carbocycles. The quantitative estimate of drug-likeness (QED) is 0.342. The summed E-state index contributed by atoms with van der Waals surface area (Å²) in [5.41, 5.74) is 0. The van der Waals surface area contributed by atoms with Crippen LogP contribution < -0.4 is 10.6 Å². The Morgan fingerprint density at radius 2 is 2.04 bits per heavy atom. The molecule has 0 aromatic carbocycles. The maximum atomic E-state index is 5.13. The van der Waals surface area contributed by atoms with Crippen molar-refractivity contribution in [2.45, 2.75) is 45.1 Å². The van der Waals surface area contributed by atoms with Crippen molar-refractivity contribution in [3.8, 4) is 0 Å². The monoisotopic (exact) mass is 344 g/mol. The Labute approximate surface area is 147 Å². The second-order valence-electron chi connectivity index (χ2n) is 6.07. The van der Waals surface area contributed by atoms with Crippen LogP contribution >= 0.6 is 11.8 Å². The average Bonchev–Trinajstić information content (AvgIpc) is 2.56. The van der Waals surface area contributed by atoms with Gasteiger partial charge in [-0.15, -0.1) is 0 Å². The first-order chi connectivity index (χ1) is 11.3. The van der Waals surface area contributed by atoms with Gasteiger partial charge in [0.25, 0.3) is 0 Å². The average molecular weight is 345 g/mol. The minimum absolute atomic E-state index is 0.553. The number of methoxy groups -OCH3 is 1. The molecule has 0 bridgehead atoms. The van der Waals surface area contributed by atoms with Crippen molar-refractivity contribution in [3.63, 3.8) is 0 Å². The standard InChI is InChI=1S/C17H36N4OS/c1-4-18-17(19-10-5-6-15-23-3)20-16-8-12-21(13-9-16)11-7-14-22-2/h16H,4-15H2,1-3H3,(H2,18,19,20). The molecule has 2 N–H and O–H groups in total. The van der Waals surface area contributed by atoms with E-state index in [2.05, 4.69) is 28.7 Å². The number of hydrogen-bond donors (Lipinski definition) is 2. The Hall–Kier alpha value is -0.460. The zero-order valence-electron chi connectivity index (χ0n) is 15.3. The van der Waals surface area contributed by atoms with Crippen molar-refractivity contribution in [2.75, 3.05) is 58.4 Å². The highest BCUT2D eigenvalue weighted by molar-refractivity contribution is 7.98. The third-order valence-electron chi connectivity index (χ3n) is 4.12. The molecule has 6 heteroatoms. The summed E-state index contributed by atoms with van der Waals surface area (Å²) in [6, 6.07) is 0.553. The van der Waals surface area contributed by atoms with Crippen LogP contribution in [0.4, 0.5) is 0 Å². The SMILES string of the molecule is CCNC(=NCCCCSC)NC1CCN(CCCOC)CC1. The lowest BCUT2D eigenvalue weighted by molar-refractivity contribution is 0.155. The third kappa shape index (κ3) is 10.1. The molecule has 1 saturated heterocycles. The molecule has 0 aliphatic carbocycles. The molecule has 1 aliphatic rings. The van der Waals surface area contributed by atoms with Crippen LogP contribution in [0.5, 0.6) is 0 Å². The zero-order valence-corrected chi connectivity index (χ0v) is 16.1. The van der Waals surface area contributed by atoms with E-state index in [9.17, 15) is 0 Å². The first kappa shape index (κ1) is 20.6. The van der Waals surface area contributed by atoms with Gasteiger partial charge in [-0.1, -0.05) is 0 Å². The molecule has 23 heavy (non-hydrogen) atoms. The van der Waals surface area contributed by atoms with Gasteiger partial charge in [0.15, 0.2) is 5.96 Å². The van der Waals surface area contributed by atoms with Crippen molar-refractivity contribution in [2.24, 2.45) is 4.99 Å². The number of hydrogen-bond acceptors (Lipinski definition) is 4. The van der Waals surface area contributed by atoms with Crippen LogP contribution in [0.2, 0.25) is 0 Å². The van der Waals surface area contributed by atoms with E-state index in [0.29, 0.717) is 6.04 Å². The number of thioether (sulfide) groups is 1. The highest BCUT2D eigenvalue weighted by Crippen LogP contribution is 2.10. The van der Waals surface area contributed by atoms with Gasteiger partial charge in [0.2, 0.25) is 0 Å². The number of rotatable bonds is 11. The van der Waals surface area contributed by atoms with Crippen molar-refractivity contribution in [1.29, 1.82) is 0 Å². The molecule has 0 aromatic heterocycles. The summed E-state index contributed by atoms with van der Waals surface area (Å²) >= 11 is 1.91. The molecule has 0 atom stereocenters. The Kier molecular flexibility index (Phi) is 12.5. The maximum Gasteiger partial charge on any atom is 0.191 e. The number of guanidine groups is 1. The van der Waals surface area contributed by atoms with Crippen LogP contribution in [0.3, 0.4) is 0 Å². The van der Waals surface area contributed by atoms with Gasteiger partial charge >= 0.3 is 0 Å². The highest BCUT2D eigenvalue weighted by atomic mass is 32.2. The fraction of sp³-hybridized carbons (Fsp3) is 0.941. The first-order valence-electron chi connectivity index (χ1n) is 9.05. The summed E-state index contributed by atoms with van der Waals surface area (Å²) in [7, 11) is 1.78. The van der Waals surface area contributed by atoms with Crippen LogP contribution in [0.25, 0.3) is 0 Å². The number of piperidine rings is 1. The highest BCUT2D eigenvalue weighted by Gasteiger charge is 2.19. The predicted octanol–water partition coefficient (Wildman–Crippen LogP) is 2.19. The van der Waals surface area contributed by atoms with Crippen molar-refractivity contribution in [3.05, 3.63) is 0 Å². The fourth-order valence-electron chi connectivity index (χ4n) is 2.80. The Morgan fingerprint density at radius 3 is 2.70 bits per heavy atom. The van der Waals surface area contributed by atoms with Crippen molar-refractivity contribution >= 4 is 17.7 Å². The van der Waals surface area contributed by atoms with E-state index in [4.69, 9.17) is 9.73 Å². The number of ether oxygens (including phenoxy) is 1. The van der Waals surface area contributed by atoms with Crippen LogP contribution in [0.1, 0.15) is 39.0 Å². The molecule has 136 valence electrons. The molecule has 1 heterocycles. The number of nitrogens with one attached hydrogen (secondary N) is 2. The van der Waals surface area contributed by atoms with Gasteiger partial charge in [-0.2, -0.15) is 11.8 Å². The smallest absolute Gasteiger partial charge is 0.191 e. The van der Waals surface area contributed by atoms with E-state index in [-0.39, 0.29) is 0 Å². The molecule has 0 amide bonds. The van der Waals surface area contributed by atoms with Crippen LogP contribution in [-0.2, 0) is 4.74 Å². The zero-order chi connectivity index (χ0) is 16.8. The fourth-order valence-corrected chi connectivity index (χ4v) is 3.29. The van der Waals surface area contributed by atoms with E-state index >= 15 is 0 Å².